The molecule has 1 heterocycles. The van der Waals surface area contributed by atoms with Crippen molar-refractivity contribution in [2.45, 2.75) is 27.2 Å². The summed E-state index contributed by atoms with van der Waals surface area (Å²) in [4.78, 5) is 4.66. The molecule has 0 spiro atoms. The molecule has 0 aliphatic carbocycles. The lowest BCUT2D eigenvalue weighted by atomic mass is 10.0. The third-order valence-electron chi connectivity index (χ3n) is 2.71. The van der Waals surface area contributed by atoms with Crippen LogP contribution in [0.1, 0.15) is 22.9 Å². The molecule has 0 radical (unpaired) electrons. The minimum Gasteiger partial charge on any atom is -0.337 e. The highest BCUT2D eigenvalue weighted by molar-refractivity contribution is 7.73. The Morgan fingerprint density at radius 2 is 2.06 bits per heavy atom. The first-order chi connectivity index (χ1) is 7.61. The molecule has 0 atom stereocenters. The number of aryl methyl sites for hydroxylation is 3. The van der Waals surface area contributed by atoms with Crippen LogP contribution in [0.2, 0.25) is 0 Å². The summed E-state index contributed by atoms with van der Waals surface area (Å²) in [6, 6.07) is 6.53. The molecule has 0 unspecified atom stereocenters. The second-order valence-electron chi connectivity index (χ2n) is 3.98. The smallest absolute Gasteiger partial charge is 0.159 e. The molecule has 3 heteroatoms. The molecular formula is C13H15NS2. The second kappa shape index (κ2) is 4.52. The Hall–Kier alpha value is -0.930. The van der Waals surface area contributed by atoms with Gasteiger partial charge in [-0.2, -0.15) is 0 Å². The molecule has 0 fully saturated rings. The van der Waals surface area contributed by atoms with Gasteiger partial charge in [0.2, 0.25) is 0 Å². The quantitative estimate of drug-likeness (QED) is 0.766. The van der Waals surface area contributed by atoms with Crippen molar-refractivity contribution < 1.29 is 0 Å². The van der Waals surface area contributed by atoms with E-state index >= 15 is 0 Å². The van der Waals surface area contributed by atoms with Crippen LogP contribution in [0.3, 0.4) is 0 Å². The van der Waals surface area contributed by atoms with E-state index in [2.05, 4.69) is 44.0 Å². The molecule has 2 aromatic rings. The van der Waals surface area contributed by atoms with E-state index in [0.717, 1.165) is 10.4 Å². The van der Waals surface area contributed by atoms with Gasteiger partial charge in [-0.05, 0) is 44.1 Å². The minimum atomic E-state index is 0.868. The van der Waals surface area contributed by atoms with Crippen molar-refractivity contribution in [2.75, 3.05) is 0 Å². The summed E-state index contributed by atoms with van der Waals surface area (Å²) < 4.78 is 0.868. The zero-order chi connectivity index (χ0) is 11.7. The SMILES string of the molecule is CCc1sc(=S)[nH]c1-c1cc(C)ccc1C. The zero-order valence-corrected chi connectivity index (χ0v) is 11.4. The summed E-state index contributed by atoms with van der Waals surface area (Å²) in [7, 11) is 0. The van der Waals surface area contributed by atoms with Crippen LogP contribution in [0.4, 0.5) is 0 Å². The standard InChI is InChI=1S/C13H15NS2/c1-4-11-12(14-13(15)16-11)10-7-8(2)5-6-9(10)3/h5-7H,4H2,1-3H3,(H,14,15). The van der Waals surface area contributed by atoms with E-state index in [4.69, 9.17) is 12.2 Å². The Bertz CT molecular complexity index is 564. The van der Waals surface area contributed by atoms with Crippen molar-refractivity contribution in [1.82, 2.24) is 4.98 Å². The molecule has 0 saturated carbocycles. The summed E-state index contributed by atoms with van der Waals surface area (Å²) in [5, 5.41) is 0. The molecule has 0 saturated heterocycles. The molecule has 2 rings (SSSR count). The van der Waals surface area contributed by atoms with E-state index in [1.807, 2.05) is 0 Å². The lowest BCUT2D eigenvalue weighted by molar-refractivity contribution is 1.16. The Morgan fingerprint density at radius 1 is 1.31 bits per heavy atom. The summed E-state index contributed by atoms with van der Waals surface area (Å²) in [5.74, 6) is 0. The van der Waals surface area contributed by atoms with E-state index in [0.29, 0.717) is 0 Å². The first-order valence-corrected chi connectivity index (χ1v) is 6.64. The average Bonchev–Trinajstić information content (AvgIpc) is 2.63. The normalized spacial score (nSPS) is 10.7. The first-order valence-electron chi connectivity index (χ1n) is 5.41. The van der Waals surface area contributed by atoms with Crippen LogP contribution in [-0.4, -0.2) is 4.98 Å². The van der Waals surface area contributed by atoms with Crippen LogP contribution in [0.25, 0.3) is 11.3 Å². The fourth-order valence-corrected chi connectivity index (χ4v) is 3.02. The second-order valence-corrected chi connectivity index (χ2v) is 5.76. The lowest BCUT2D eigenvalue weighted by Gasteiger charge is -2.06. The van der Waals surface area contributed by atoms with Gasteiger partial charge in [0.25, 0.3) is 0 Å². The summed E-state index contributed by atoms with van der Waals surface area (Å²) in [6.45, 7) is 6.43. The number of hydrogen-bond donors (Lipinski definition) is 1. The largest absolute Gasteiger partial charge is 0.337 e. The van der Waals surface area contributed by atoms with Gasteiger partial charge in [-0.3, -0.25) is 0 Å². The van der Waals surface area contributed by atoms with Crippen molar-refractivity contribution in [1.29, 1.82) is 0 Å². The van der Waals surface area contributed by atoms with Gasteiger partial charge in [-0.15, -0.1) is 11.3 Å². The molecule has 1 N–H and O–H groups in total. The van der Waals surface area contributed by atoms with Crippen LogP contribution in [0.15, 0.2) is 18.2 Å². The molecule has 0 aliphatic rings. The third-order valence-corrected chi connectivity index (χ3v) is 4.08. The average molecular weight is 249 g/mol. The fraction of sp³-hybridized carbons (Fsp3) is 0.308. The van der Waals surface area contributed by atoms with E-state index in [-0.39, 0.29) is 0 Å². The van der Waals surface area contributed by atoms with E-state index < -0.39 is 0 Å². The van der Waals surface area contributed by atoms with Crippen molar-refractivity contribution in [3.63, 3.8) is 0 Å². The molecule has 1 aromatic carbocycles. The maximum absolute atomic E-state index is 5.23. The van der Waals surface area contributed by atoms with Crippen molar-refractivity contribution in [3.05, 3.63) is 38.2 Å². The number of H-pyrrole nitrogens is 1. The number of aromatic amines is 1. The number of benzene rings is 1. The highest BCUT2D eigenvalue weighted by atomic mass is 32.1. The molecule has 84 valence electrons. The lowest BCUT2D eigenvalue weighted by Crippen LogP contribution is -1.88. The monoisotopic (exact) mass is 249 g/mol. The summed E-state index contributed by atoms with van der Waals surface area (Å²) >= 11 is 6.91. The van der Waals surface area contributed by atoms with Gasteiger partial charge >= 0.3 is 0 Å². The maximum atomic E-state index is 5.23. The Balaban J connectivity index is 2.66. The molecule has 1 nitrogen and oxygen atoms in total. The van der Waals surface area contributed by atoms with Crippen LogP contribution in [-0.2, 0) is 6.42 Å². The number of nitrogens with one attached hydrogen (secondary N) is 1. The van der Waals surface area contributed by atoms with Gasteiger partial charge in [-0.1, -0.05) is 24.6 Å². The van der Waals surface area contributed by atoms with Crippen LogP contribution >= 0.6 is 23.6 Å². The van der Waals surface area contributed by atoms with Gasteiger partial charge in [0.15, 0.2) is 3.95 Å². The van der Waals surface area contributed by atoms with E-state index in [1.54, 1.807) is 11.3 Å². The van der Waals surface area contributed by atoms with Gasteiger partial charge in [-0.25, -0.2) is 0 Å². The number of rotatable bonds is 2. The van der Waals surface area contributed by atoms with Gasteiger partial charge in [0, 0.05) is 10.4 Å². The predicted octanol–water partition coefficient (Wildman–Crippen LogP) is 4.65. The maximum Gasteiger partial charge on any atom is 0.159 e. The third kappa shape index (κ3) is 2.11. The summed E-state index contributed by atoms with van der Waals surface area (Å²) in [6.07, 6.45) is 1.03. The van der Waals surface area contributed by atoms with Crippen LogP contribution in [0, 0.1) is 17.8 Å². The van der Waals surface area contributed by atoms with Crippen molar-refractivity contribution in [3.8, 4) is 11.3 Å². The molecule has 0 bridgehead atoms. The molecule has 1 aromatic heterocycles. The van der Waals surface area contributed by atoms with Gasteiger partial charge in [0.1, 0.15) is 0 Å². The number of hydrogen-bond acceptors (Lipinski definition) is 2. The van der Waals surface area contributed by atoms with Crippen molar-refractivity contribution >= 4 is 23.6 Å². The topological polar surface area (TPSA) is 15.8 Å². The van der Waals surface area contributed by atoms with Crippen LogP contribution in [0.5, 0.6) is 0 Å². The Labute approximate surface area is 105 Å². The number of thiazole rings is 1. The fourth-order valence-electron chi connectivity index (χ4n) is 1.83. The van der Waals surface area contributed by atoms with Crippen LogP contribution < -0.4 is 0 Å². The Kier molecular flexibility index (Phi) is 3.26. The molecular weight excluding hydrogens is 234 g/mol. The predicted molar refractivity (Wildman–Crippen MR) is 73.8 cm³/mol. The number of aromatic nitrogens is 1. The minimum absolute atomic E-state index is 0.868. The highest BCUT2D eigenvalue weighted by Gasteiger charge is 2.09. The van der Waals surface area contributed by atoms with Gasteiger partial charge in [0.05, 0.1) is 5.69 Å². The molecule has 0 aliphatic heterocycles. The summed E-state index contributed by atoms with van der Waals surface area (Å²) in [5.41, 5.74) is 5.07. The zero-order valence-electron chi connectivity index (χ0n) is 9.76. The van der Waals surface area contributed by atoms with Gasteiger partial charge < -0.3 is 4.98 Å². The molecule has 0 amide bonds. The molecule has 16 heavy (non-hydrogen) atoms. The van der Waals surface area contributed by atoms with Crippen molar-refractivity contribution in [2.24, 2.45) is 0 Å². The van der Waals surface area contributed by atoms with E-state index in [9.17, 15) is 0 Å². The highest BCUT2D eigenvalue weighted by Crippen LogP contribution is 2.30. The van der Waals surface area contributed by atoms with E-state index in [1.165, 1.54) is 27.3 Å². The Morgan fingerprint density at radius 3 is 2.75 bits per heavy atom. The first kappa shape index (κ1) is 11.6.